The first-order valence-electron chi connectivity index (χ1n) is 6.71. The lowest BCUT2D eigenvalue weighted by molar-refractivity contribution is 0.0955. The number of nitrogens with one attached hydrogen (secondary N) is 1. The Morgan fingerprint density at radius 2 is 1.95 bits per heavy atom. The average molecular weight is 302 g/mol. The standard InChI is InChI=1S/C16H18N2O2S/c1-4-14-9-10-15(21-14)11(2)17-18-16(19)12-5-7-13(20-3)8-6-12/h5-10H,4H2,1-3H3,(H,18,19). The third-order valence-corrected chi connectivity index (χ3v) is 4.38. The van der Waals surface area contributed by atoms with Gasteiger partial charge in [-0.3, -0.25) is 4.79 Å². The van der Waals surface area contributed by atoms with Crippen molar-refractivity contribution in [2.45, 2.75) is 20.3 Å². The summed E-state index contributed by atoms with van der Waals surface area (Å²) in [4.78, 5) is 14.4. The molecule has 1 aromatic heterocycles. The Kier molecular flexibility index (Phi) is 5.11. The van der Waals surface area contributed by atoms with E-state index >= 15 is 0 Å². The van der Waals surface area contributed by atoms with E-state index in [2.05, 4.69) is 23.5 Å². The summed E-state index contributed by atoms with van der Waals surface area (Å²) < 4.78 is 5.06. The summed E-state index contributed by atoms with van der Waals surface area (Å²) >= 11 is 1.69. The van der Waals surface area contributed by atoms with E-state index in [-0.39, 0.29) is 5.91 Å². The maximum absolute atomic E-state index is 12.0. The molecule has 0 saturated carbocycles. The van der Waals surface area contributed by atoms with E-state index in [0.717, 1.165) is 22.8 Å². The zero-order valence-electron chi connectivity index (χ0n) is 12.3. The van der Waals surface area contributed by atoms with Crippen molar-refractivity contribution in [1.29, 1.82) is 0 Å². The molecule has 0 spiro atoms. The van der Waals surface area contributed by atoms with Gasteiger partial charge in [0.05, 0.1) is 17.7 Å². The summed E-state index contributed by atoms with van der Waals surface area (Å²) in [5, 5.41) is 4.16. The molecule has 0 aliphatic carbocycles. The maximum atomic E-state index is 12.0. The molecule has 0 unspecified atom stereocenters. The topological polar surface area (TPSA) is 50.7 Å². The molecule has 0 aliphatic rings. The van der Waals surface area contributed by atoms with Crippen LogP contribution < -0.4 is 10.2 Å². The second-order valence-corrected chi connectivity index (χ2v) is 5.65. The van der Waals surface area contributed by atoms with E-state index in [1.165, 1.54) is 4.88 Å². The van der Waals surface area contributed by atoms with Gasteiger partial charge in [0.1, 0.15) is 5.75 Å². The van der Waals surface area contributed by atoms with Crippen LogP contribution in [0, 0.1) is 0 Å². The minimum absolute atomic E-state index is 0.232. The van der Waals surface area contributed by atoms with Crippen LogP contribution in [0.2, 0.25) is 0 Å². The van der Waals surface area contributed by atoms with Crippen molar-refractivity contribution < 1.29 is 9.53 Å². The molecular weight excluding hydrogens is 284 g/mol. The van der Waals surface area contributed by atoms with Gasteiger partial charge in [-0.25, -0.2) is 5.43 Å². The molecule has 21 heavy (non-hydrogen) atoms. The minimum Gasteiger partial charge on any atom is -0.497 e. The Bertz CT molecular complexity index is 645. The van der Waals surface area contributed by atoms with Crippen molar-refractivity contribution in [1.82, 2.24) is 5.43 Å². The zero-order valence-corrected chi connectivity index (χ0v) is 13.2. The van der Waals surface area contributed by atoms with Crippen LogP contribution >= 0.6 is 11.3 Å². The quantitative estimate of drug-likeness (QED) is 0.679. The number of rotatable bonds is 5. The molecule has 2 rings (SSSR count). The van der Waals surface area contributed by atoms with Crippen molar-refractivity contribution in [2.24, 2.45) is 5.10 Å². The van der Waals surface area contributed by atoms with Crippen LogP contribution in [0.3, 0.4) is 0 Å². The Morgan fingerprint density at radius 1 is 1.24 bits per heavy atom. The summed E-state index contributed by atoms with van der Waals surface area (Å²) in [6.45, 7) is 4.01. The van der Waals surface area contributed by atoms with Crippen LogP contribution in [0.4, 0.5) is 0 Å². The van der Waals surface area contributed by atoms with E-state index < -0.39 is 0 Å². The lowest BCUT2D eigenvalue weighted by Gasteiger charge is -2.03. The minimum atomic E-state index is -0.232. The highest BCUT2D eigenvalue weighted by Crippen LogP contribution is 2.17. The zero-order chi connectivity index (χ0) is 15.2. The normalized spacial score (nSPS) is 11.3. The third-order valence-electron chi connectivity index (χ3n) is 3.04. The van der Waals surface area contributed by atoms with Gasteiger partial charge in [-0.05, 0) is 49.7 Å². The number of hydrogen-bond acceptors (Lipinski definition) is 4. The molecule has 110 valence electrons. The van der Waals surface area contributed by atoms with Crippen molar-refractivity contribution in [3.05, 3.63) is 51.7 Å². The van der Waals surface area contributed by atoms with E-state index in [4.69, 9.17) is 4.74 Å². The Morgan fingerprint density at radius 3 is 2.52 bits per heavy atom. The Labute approximate surface area is 128 Å². The lowest BCUT2D eigenvalue weighted by atomic mass is 10.2. The number of thiophene rings is 1. The number of aryl methyl sites for hydroxylation is 1. The lowest BCUT2D eigenvalue weighted by Crippen LogP contribution is -2.19. The molecule has 4 nitrogen and oxygen atoms in total. The van der Waals surface area contributed by atoms with Gasteiger partial charge in [0, 0.05) is 10.4 Å². The fourth-order valence-corrected chi connectivity index (χ4v) is 2.65. The van der Waals surface area contributed by atoms with Gasteiger partial charge in [0.25, 0.3) is 5.91 Å². The van der Waals surface area contributed by atoms with Crippen LogP contribution in [0.1, 0.15) is 34.0 Å². The molecule has 2 aromatic rings. The number of nitrogens with zero attached hydrogens (tertiary/aromatic N) is 1. The van der Waals surface area contributed by atoms with E-state index in [1.807, 2.05) is 13.0 Å². The maximum Gasteiger partial charge on any atom is 0.271 e. The first kappa shape index (κ1) is 15.3. The molecule has 5 heteroatoms. The van der Waals surface area contributed by atoms with Gasteiger partial charge in [-0.2, -0.15) is 5.10 Å². The highest BCUT2D eigenvalue weighted by Gasteiger charge is 2.06. The van der Waals surface area contributed by atoms with Gasteiger partial charge in [-0.15, -0.1) is 11.3 Å². The van der Waals surface area contributed by atoms with Crippen molar-refractivity contribution in [2.75, 3.05) is 7.11 Å². The first-order valence-corrected chi connectivity index (χ1v) is 7.53. The molecule has 1 aromatic carbocycles. The number of carbonyl (C=O) groups excluding carboxylic acids is 1. The fourth-order valence-electron chi connectivity index (χ4n) is 1.76. The van der Waals surface area contributed by atoms with Gasteiger partial charge < -0.3 is 4.74 Å². The molecule has 0 aliphatic heterocycles. The fraction of sp³-hybridized carbons (Fsp3) is 0.250. The van der Waals surface area contributed by atoms with Crippen LogP contribution in [0.15, 0.2) is 41.5 Å². The van der Waals surface area contributed by atoms with Crippen molar-refractivity contribution >= 4 is 23.0 Å². The molecule has 0 saturated heterocycles. The van der Waals surface area contributed by atoms with E-state index in [1.54, 1.807) is 42.7 Å². The molecule has 0 fully saturated rings. The summed E-state index contributed by atoms with van der Waals surface area (Å²) in [6.07, 6.45) is 1.01. The summed E-state index contributed by atoms with van der Waals surface area (Å²) in [7, 11) is 1.59. The van der Waals surface area contributed by atoms with Crippen LogP contribution in [0.25, 0.3) is 0 Å². The Hall–Kier alpha value is -2.14. The average Bonchev–Trinajstić information content (AvgIpc) is 3.01. The molecule has 1 amide bonds. The highest BCUT2D eigenvalue weighted by atomic mass is 32.1. The number of hydrazone groups is 1. The van der Waals surface area contributed by atoms with E-state index in [9.17, 15) is 4.79 Å². The molecule has 1 heterocycles. The van der Waals surface area contributed by atoms with Crippen molar-refractivity contribution in [3.8, 4) is 5.75 Å². The monoisotopic (exact) mass is 302 g/mol. The summed E-state index contributed by atoms with van der Waals surface area (Å²) in [6, 6.07) is 11.0. The molecule has 0 bridgehead atoms. The highest BCUT2D eigenvalue weighted by molar-refractivity contribution is 7.14. The SMILES string of the molecule is CCc1ccc(C(C)=NNC(=O)c2ccc(OC)cc2)s1. The number of carbonyl (C=O) groups is 1. The smallest absolute Gasteiger partial charge is 0.271 e. The predicted molar refractivity (Wildman–Crippen MR) is 86.4 cm³/mol. The van der Waals surface area contributed by atoms with Crippen molar-refractivity contribution in [3.63, 3.8) is 0 Å². The number of benzene rings is 1. The summed E-state index contributed by atoms with van der Waals surface area (Å²) in [5.41, 5.74) is 3.93. The molecule has 0 atom stereocenters. The molecular formula is C16H18N2O2S. The van der Waals surface area contributed by atoms with Gasteiger partial charge in [-0.1, -0.05) is 6.92 Å². The van der Waals surface area contributed by atoms with Crippen LogP contribution in [-0.4, -0.2) is 18.7 Å². The van der Waals surface area contributed by atoms with Gasteiger partial charge in [0.2, 0.25) is 0 Å². The number of amides is 1. The number of methoxy groups -OCH3 is 1. The third kappa shape index (κ3) is 3.92. The predicted octanol–water partition coefficient (Wildman–Crippen LogP) is 3.47. The van der Waals surface area contributed by atoms with Gasteiger partial charge >= 0.3 is 0 Å². The second-order valence-electron chi connectivity index (χ2n) is 4.49. The van der Waals surface area contributed by atoms with Crippen LogP contribution in [0.5, 0.6) is 5.75 Å². The van der Waals surface area contributed by atoms with Gasteiger partial charge in [0.15, 0.2) is 0 Å². The Balaban J connectivity index is 2.02. The van der Waals surface area contributed by atoms with E-state index in [0.29, 0.717) is 5.56 Å². The molecule has 1 N–H and O–H groups in total. The second kappa shape index (κ2) is 7.04. The molecule has 0 radical (unpaired) electrons. The van der Waals surface area contributed by atoms with Crippen LogP contribution in [-0.2, 0) is 6.42 Å². The number of ether oxygens (including phenoxy) is 1. The largest absolute Gasteiger partial charge is 0.497 e. The first-order chi connectivity index (χ1) is 10.1. The number of hydrogen-bond donors (Lipinski definition) is 1. The summed E-state index contributed by atoms with van der Waals surface area (Å²) in [5.74, 6) is 0.487.